The van der Waals surface area contributed by atoms with Gasteiger partial charge in [-0.3, -0.25) is 9.59 Å². The smallest absolute Gasteiger partial charge is 0.407 e. The van der Waals surface area contributed by atoms with Crippen LogP contribution in [0.5, 0.6) is 0 Å². The van der Waals surface area contributed by atoms with Gasteiger partial charge in [-0.1, -0.05) is 48.5 Å². The molecule has 0 fully saturated rings. The SMILES string of the molecule is NC(=O)[C@H](Cc1ccccc1I)NC(=O)CNC(=O)OCc1ccccc1. The monoisotopic (exact) mass is 481 g/mol. The van der Waals surface area contributed by atoms with Gasteiger partial charge in [0.2, 0.25) is 11.8 Å². The Labute approximate surface area is 170 Å². The number of carbonyl (C=O) groups excluding carboxylic acids is 3. The minimum atomic E-state index is -0.865. The summed E-state index contributed by atoms with van der Waals surface area (Å²) in [6.07, 6.45) is -0.444. The van der Waals surface area contributed by atoms with Crippen molar-refractivity contribution in [3.05, 3.63) is 69.3 Å². The lowest BCUT2D eigenvalue weighted by molar-refractivity contribution is -0.126. The Bertz CT molecular complexity index is 799. The normalized spacial score (nSPS) is 11.3. The van der Waals surface area contributed by atoms with Gasteiger partial charge in [-0.05, 0) is 39.8 Å². The maximum absolute atomic E-state index is 12.0. The third-order valence-corrected chi connectivity index (χ3v) is 4.72. The van der Waals surface area contributed by atoms with Crippen LogP contribution in [-0.2, 0) is 27.4 Å². The molecule has 2 rings (SSSR count). The number of hydrogen-bond acceptors (Lipinski definition) is 4. The van der Waals surface area contributed by atoms with Gasteiger partial charge in [0, 0.05) is 9.99 Å². The van der Waals surface area contributed by atoms with Crippen molar-refractivity contribution in [3.8, 4) is 0 Å². The van der Waals surface area contributed by atoms with Gasteiger partial charge >= 0.3 is 6.09 Å². The number of rotatable bonds is 8. The zero-order valence-electron chi connectivity index (χ0n) is 14.5. The summed E-state index contributed by atoms with van der Waals surface area (Å²) in [5.74, 6) is -1.17. The number of primary amides is 1. The van der Waals surface area contributed by atoms with Crippen LogP contribution < -0.4 is 16.4 Å². The van der Waals surface area contributed by atoms with Crippen LogP contribution in [0.4, 0.5) is 4.79 Å². The molecule has 7 nitrogen and oxygen atoms in total. The fraction of sp³-hybridized carbons (Fsp3) is 0.211. The van der Waals surface area contributed by atoms with E-state index in [1.807, 2.05) is 54.6 Å². The number of carbonyl (C=O) groups is 3. The van der Waals surface area contributed by atoms with Gasteiger partial charge in [-0.2, -0.15) is 0 Å². The predicted octanol–water partition coefficient (Wildman–Crippen LogP) is 1.73. The van der Waals surface area contributed by atoms with Crippen LogP contribution in [0.15, 0.2) is 54.6 Å². The van der Waals surface area contributed by atoms with E-state index in [1.54, 1.807) is 0 Å². The highest BCUT2D eigenvalue weighted by molar-refractivity contribution is 14.1. The molecule has 142 valence electrons. The molecule has 27 heavy (non-hydrogen) atoms. The van der Waals surface area contributed by atoms with E-state index in [2.05, 4.69) is 33.2 Å². The molecular formula is C19H20IN3O4. The van der Waals surface area contributed by atoms with E-state index in [4.69, 9.17) is 10.5 Å². The van der Waals surface area contributed by atoms with Crippen molar-refractivity contribution in [2.45, 2.75) is 19.1 Å². The number of ether oxygens (including phenoxy) is 1. The van der Waals surface area contributed by atoms with Gasteiger partial charge in [0.1, 0.15) is 19.2 Å². The van der Waals surface area contributed by atoms with Gasteiger partial charge in [-0.15, -0.1) is 0 Å². The van der Waals surface area contributed by atoms with Crippen LogP contribution in [0, 0.1) is 3.57 Å². The van der Waals surface area contributed by atoms with E-state index in [0.29, 0.717) is 0 Å². The van der Waals surface area contributed by atoms with E-state index in [9.17, 15) is 14.4 Å². The Morgan fingerprint density at radius 2 is 1.70 bits per heavy atom. The maximum Gasteiger partial charge on any atom is 0.407 e. The number of amides is 3. The zero-order chi connectivity index (χ0) is 19.6. The van der Waals surface area contributed by atoms with Gasteiger partial charge in [-0.25, -0.2) is 4.79 Å². The molecule has 8 heteroatoms. The second kappa shape index (κ2) is 10.5. The van der Waals surface area contributed by atoms with Crippen LogP contribution in [0.25, 0.3) is 0 Å². The van der Waals surface area contributed by atoms with Crippen molar-refractivity contribution in [1.29, 1.82) is 0 Å². The second-order valence-corrected chi connectivity index (χ2v) is 6.90. The molecule has 4 N–H and O–H groups in total. The summed E-state index contributed by atoms with van der Waals surface area (Å²) < 4.78 is 5.99. The molecule has 0 saturated heterocycles. The number of benzene rings is 2. The second-order valence-electron chi connectivity index (χ2n) is 5.73. The topological polar surface area (TPSA) is 111 Å². The summed E-state index contributed by atoms with van der Waals surface area (Å²) in [5.41, 5.74) is 7.12. The first-order valence-corrected chi connectivity index (χ1v) is 9.30. The van der Waals surface area contributed by atoms with E-state index < -0.39 is 23.9 Å². The predicted molar refractivity (Wildman–Crippen MR) is 109 cm³/mol. The summed E-state index contributed by atoms with van der Waals surface area (Å²) in [5, 5.41) is 4.88. The molecule has 0 aliphatic heterocycles. The molecule has 0 bridgehead atoms. The first-order chi connectivity index (χ1) is 13.0. The fourth-order valence-corrected chi connectivity index (χ4v) is 2.89. The summed E-state index contributed by atoms with van der Waals surface area (Å²) in [6.45, 7) is -0.214. The highest BCUT2D eigenvalue weighted by Gasteiger charge is 2.20. The molecule has 0 radical (unpaired) electrons. The zero-order valence-corrected chi connectivity index (χ0v) is 16.6. The number of hydrogen-bond donors (Lipinski definition) is 3. The lowest BCUT2D eigenvalue weighted by Gasteiger charge is -2.16. The van der Waals surface area contributed by atoms with E-state index in [0.717, 1.165) is 14.7 Å². The lowest BCUT2D eigenvalue weighted by Crippen LogP contribution is -2.49. The van der Waals surface area contributed by atoms with Crippen molar-refractivity contribution >= 4 is 40.5 Å². The Hall–Kier alpha value is -2.62. The number of halogens is 1. The Balaban J connectivity index is 1.79. The Morgan fingerprint density at radius 3 is 2.37 bits per heavy atom. The minimum absolute atomic E-state index is 0.102. The maximum atomic E-state index is 12.0. The van der Waals surface area contributed by atoms with Crippen LogP contribution in [0.1, 0.15) is 11.1 Å². The molecule has 2 aromatic carbocycles. The highest BCUT2D eigenvalue weighted by Crippen LogP contribution is 2.13. The molecular weight excluding hydrogens is 461 g/mol. The molecule has 3 amide bonds. The molecule has 1 atom stereocenters. The first kappa shape index (κ1) is 20.7. The minimum Gasteiger partial charge on any atom is -0.445 e. The van der Waals surface area contributed by atoms with E-state index in [1.165, 1.54) is 0 Å². The molecule has 0 saturated carbocycles. The molecule has 0 aliphatic rings. The van der Waals surface area contributed by atoms with Crippen molar-refractivity contribution in [2.75, 3.05) is 6.54 Å². The first-order valence-electron chi connectivity index (χ1n) is 8.22. The van der Waals surface area contributed by atoms with Gasteiger partial charge in [0.05, 0.1) is 0 Å². The Morgan fingerprint density at radius 1 is 1.04 bits per heavy atom. The van der Waals surface area contributed by atoms with Crippen LogP contribution >= 0.6 is 22.6 Å². The largest absolute Gasteiger partial charge is 0.445 e. The fourth-order valence-electron chi connectivity index (χ4n) is 2.28. The summed E-state index contributed by atoms with van der Waals surface area (Å²) >= 11 is 2.15. The van der Waals surface area contributed by atoms with Gasteiger partial charge < -0.3 is 21.1 Å². The summed E-state index contributed by atoms with van der Waals surface area (Å²) in [4.78, 5) is 35.3. The standard InChI is InChI=1S/C19H20IN3O4/c20-15-9-5-4-8-14(15)10-16(18(21)25)23-17(24)11-22-19(26)27-12-13-6-2-1-3-7-13/h1-9,16H,10-12H2,(H2,21,25)(H,22,26)(H,23,24)/t16-/m0/s1. The summed E-state index contributed by atoms with van der Waals surface area (Å²) in [6, 6.07) is 15.8. The third kappa shape index (κ3) is 7.26. The average Bonchev–Trinajstić information content (AvgIpc) is 2.66. The number of nitrogens with two attached hydrogens (primary N) is 1. The van der Waals surface area contributed by atoms with Crippen molar-refractivity contribution in [2.24, 2.45) is 5.73 Å². The van der Waals surface area contributed by atoms with Crippen molar-refractivity contribution in [3.63, 3.8) is 0 Å². The average molecular weight is 481 g/mol. The van der Waals surface area contributed by atoms with Crippen molar-refractivity contribution in [1.82, 2.24) is 10.6 Å². The number of alkyl carbamates (subject to hydrolysis) is 1. The van der Waals surface area contributed by atoms with Crippen LogP contribution in [-0.4, -0.2) is 30.5 Å². The quantitative estimate of drug-likeness (QED) is 0.499. The molecule has 0 aromatic heterocycles. The molecule has 0 aliphatic carbocycles. The molecule has 0 spiro atoms. The highest BCUT2D eigenvalue weighted by atomic mass is 127. The van der Waals surface area contributed by atoms with Crippen molar-refractivity contribution < 1.29 is 19.1 Å². The molecule has 2 aromatic rings. The van der Waals surface area contributed by atoms with Gasteiger partial charge in [0.25, 0.3) is 0 Å². The summed E-state index contributed by atoms with van der Waals surface area (Å²) in [7, 11) is 0. The molecule has 0 heterocycles. The van der Waals surface area contributed by atoms with Gasteiger partial charge in [0.15, 0.2) is 0 Å². The van der Waals surface area contributed by atoms with Crippen LogP contribution in [0.3, 0.4) is 0 Å². The molecule has 0 unspecified atom stereocenters. The van der Waals surface area contributed by atoms with Crippen LogP contribution in [0.2, 0.25) is 0 Å². The lowest BCUT2D eigenvalue weighted by atomic mass is 10.1. The van der Waals surface area contributed by atoms with E-state index in [-0.39, 0.29) is 19.6 Å². The Kier molecular flexibility index (Phi) is 8.05. The number of nitrogens with one attached hydrogen (secondary N) is 2. The van der Waals surface area contributed by atoms with E-state index >= 15 is 0 Å². The third-order valence-electron chi connectivity index (χ3n) is 3.67.